The number of benzene rings is 3. The summed E-state index contributed by atoms with van der Waals surface area (Å²) in [6, 6.07) is 21.4. The molecule has 5 heteroatoms. The number of hydrogen-bond acceptors (Lipinski definition) is 4. The predicted octanol–water partition coefficient (Wildman–Crippen LogP) is 8.34. The Hall–Kier alpha value is -3.57. The van der Waals surface area contributed by atoms with E-state index in [1.807, 2.05) is 24.3 Å². The maximum atomic E-state index is 13.3. The number of piperidine rings is 1. The third-order valence-corrected chi connectivity index (χ3v) is 8.46. The highest BCUT2D eigenvalue weighted by molar-refractivity contribution is 5.98. The van der Waals surface area contributed by atoms with Gasteiger partial charge in [0, 0.05) is 34.5 Å². The topological polar surface area (TPSA) is 54.6 Å². The lowest BCUT2D eigenvalue weighted by atomic mass is 9.88. The van der Waals surface area contributed by atoms with Crippen LogP contribution in [0.5, 0.6) is 11.5 Å². The van der Waals surface area contributed by atoms with Crippen molar-refractivity contribution in [2.45, 2.75) is 58.9 Å². The van der Waals surface area contributed by atoms with Gasteiger partial charge in [0.2, 0.25) is 0 Å². The number of hydrogen-bond donors (Lipinski definition) is 1. The van der Waals surface area contributed by atoms with Crippen LogP contribution in [0, 0.1) is 5.92 Å². The normalized spacial score (nSPS) is 14.8. The van der Waals surface area contributed by atoms with Gasteiger partial charge in [0.05, 0.1) is 19.9 Å². The predicted molar refractivity (Wildman–Crippen MR) is 165 cm³/mol. The molecule has 1 aromatic heterocycles. The molecule has 2 heterocycles. The van der Waals surface area contributed by atoms with Crippen molar-refractivity contribution in [3.63, 3.8) is 0 Å². The lowest BCUT2D eigenvalue weighted by Crippen LogP contribution is -2.38. The third kappa shape index (κ3) is 5.66. The number of nitrogens with zero attached hydrogens (tertiary/aromatic N) is 1. The Bertz CT molecular complexity index is 1490. The van der Waals surface area contributed by atoms with Crippen LogP contribution in [0.1, 0.15) is 68.8 Å². The molecule has 40 heavy (non-hydrogen) atoms. The van der Waals surface area contributed by atoms with E-state index in [0.717, 1.165) is 59.4 Å². The molecule has 1 aliphatic rings. The summed E-state index contributed by atoms with van der Waals surface area (Å²) in [5, 5.41) is 1.20. The molecular weight excluding hydrogens is 496 g/mol. The number of H-pyrrole nitrogens is 1. The van der Waals surface area contributed by atoms with Crippen molar-refractivity contribution >= 4 is 16.7 Å². The number of likely N-dealkylation sites (tertiary alicyclic amines) is 1. The van der Waals surface area contributed by atoms with Gasteiger partial charge in [-0.25, -0.2) is 0 Å². The Morgan fingerprint density at radius 2 is 1.57 bits per heavy atom. The molecule has 0 atom stereocenters. The molecule has 0 amide bonds. The number of fused-ring (bicyclic) bond motifs is 1. The number of carbonyl (C=O) groups is 1. The summed E-state index contributed by atoms with van der Waals surface area (Å²) in [7, 11) is 3.32. The van der Waals surface area contributed by atoms with Crippen molar-refractivity contribution in [3.8, 4) is 33.9 Å². The van der Waals surface area contributed by atoms with Gasteiger partial charge in [-0.05, 0) is 105 Å². The van der Waals surface area contributed by atoms with Crippen molar-refractivity contribution in [1.82, 2.24) is 9.88 Å². The fourth-order valence-corrected chi connectivity index (χ4v) is 6.14. The fraction of sp³-hybridized carbons (Fsp3) is 0.400. The summed E-state index contributed by atoms with van der Waals surface area (Å²) in [4.78, 5) is 19.5. The lowest BCUT2D eigenvalue weighted by Gasteiger charge is -2.34. The summed E-state index contributed by atoms with van der Waals surface area (Å²) in [5.74, 6) is 2.46. The van der Waals surface area contributed by atoms with Crippen LogP contribution in [0.2, 0.25) is 0 Å². The smallest absolute Gasteiger partial charge is 0.163 e. The molecule has 1 aliphatic heterocycles. The number of carbonyl (C=O) groups excluding carboxylic acids is 1. The largest absolute Gasteiger partial charge is 0.493 e. The molecule has 1 fully saturated rings. The van der Waals surface area contributed by atoms with E-state index in [9.17, 15) is 4.79 Å². The zero-order chi connectivity index (χ0) is 28.4. The molecule has 0 radical (unpaired) electrons. The zero-order valence-electron chi connectivity index (χ0n) is 24.7. The van der Waals surface area contributed by atoms with Crippen LogP contribution in [0.25, 0.3) is 33.3 Å². The number of aromatic amines is 1. The molecule has 210 valence electrons. The minimum absolute atomic E-state index is 0.256. The van der Waals surface area contributed by atoms with E-state index in [2.05, 4.69) is 74.0 Å². The Morgan fingerprint density at radius 3 is 2.25 bits per heavy atom. The monoisotopic (exact) mass is 538 g/mol. The van der Waals surface area contributed by atoms with Crippen LogP contribution in [0.4, 0.5) is 0 Å². The van der Waals surface area contributed by atoms with Crippen LogP contribution in [-0.4, -0.2) is 49.0 Å². The molecule has 0 aliphatic carbocycles. The molecule has 0 bridgehead atoms. The summed E-state index contributed by atoms with van der Waals surface area (Å²) >= 11 is 0. The number of Topliss-reactive ketones (excluding diaryl/α,β-unsaturated/α-hetero) is 1. The molecule has 3 aromatic carbocycles. The molecule has 0 saturated carbocycles. The van der Waals surface area contributed by atoms with Gasteiger partial charge in [-0.2, -0.15) is 0 Å². The van der Waals surface area contributed by atoms with Gasteiger partial charge in [-0.15, -0.1) is 0 Å². The van der Waals surface area contributed by atoms with Crippen molar-refractivity contribution < 1.29 is 14.3 Å². The number of ether oxygens (including phenoxy) is 2. The van der Waals surface area contributed by atoms with Crippen molar-refractivity contribution in [1.29, 1.82) is 0 Å². The first-order valence-corrected chi connectivity index (χ1v) is 14.5. The molecule has 0 spiro atoms. The van der Waals surface area contributed by atoms with Crippen LogP contribution >= 0.6 is 0 Å². The summed E-state index contributed by atoms with van der Waals surface area (Å²) in [6.07, 6.45) is 2.85. The van der Waals surface area contributed by atoms with Gasteiger partial charge in [0.1, 0.15) is 0 Å². The second-order valence-corrected chi connectivity index (χ2v) is 11.7. The third-order valence-electron chi connectivity index (χ3n) is 8.46. The SMILES string of the molecule is COc1ccc(-c2[nH]c3ccc(-c4cccc(C(=O)CC5CCN(C(C)C)CC5)c4)cc3c2C(C)C)cc1OC. The van der Waals surface area contributed by atoms with Gasteiger partial charge in [-0.3, -0.25) is 4.79 Å². The summed E-state index contributed by atoms with van der Waals surface area (Å²) < 4.78 is 11.0. The maximum absolute atomic E-state index is 13.3. The van der Waals surface area contributed by atoms with Crippen LogP contribution < -0.4 is 9.47 Å². The minimum atomic E-state index is 0.256. The highest BCUT2D eigenvalue weighted by atomic mass is 16.5. The van der Waals surface area contributed by atoms with Gasteiger partial charge in [-0.1, -0.05) is 38.1 Å². The highest BCUT2D eigenvalue weighted by Crippen LogP contribution is 2.40. The maximum Gasteiger partial charge on any atom is 0.163 e. The summed E-state index contributed by atoms with van der Waals surface area (Å²) in [5.41, 5.74) is 7.52. The Morgan fingerprint density at radius 1 is 0.875 bits per heavy atom. The second-order valence-electron chi connectivity index (χ2n) is 11.7. The molecule has 5 nitrogen and oxygen atoms in total. The average Bonchev–Trinajstić information content (AvgIpc) is 3.36. The van der Waals surface area contributed by atoms with Gasteiger partial charge >= 0.3 is 0 Å². The fourth-order valence-electron chi connectivity index (χ4n) is 6.14. The average molecular weight is 539 g/mol. The molecule has 1 N–H and O–H groups in total. The number of methoxy groups -OCH3 is 2. The van der Waals surface area contributed by atoms with E-state index < -0.39 is 0 Å². The Kier molecular flexibility index (Phi) is 8.32. The van der Waals surface area contributed by atoms with E-state index in [0.29, 0.717) is 35.8 Å². The van der Waals surface area contributed by atoms with Crippen molar-refractivity contribution in [3.05, 3.63) is 71.8 Å². The van der Waals surface area contributed by atoms with Crippen LogP contribution in [-0.2, 0) is 0 Å². The zero-order valence-corrected chi connectivity index (χ0v) is 24.7. The second kappa shape index (κ2) is 11.9. The first-order chi connectivity index (χ1) is 19.3. The van der Waals surface area contributed by atoms with E-state index >= 15 is 0 Å². The standard InChI is InChI=1S/C35H42N2O3/c1-22(2)34-29-20-26(10-12-30(29)36-35(34)28-11-13-32(39-5)33(21-28)40-6)25-8-7-9-27(19-25)31(38)18-24-14-16-37(17-15-24)23(3)4/h7-13,19-24,36H,14-18H2,1-6H3. The molecule has 5 rings (SSSR count). The number of ketones is 1. The molecule has 4 aromatic rings. The van der Waals surface area contributed by atoms with E-state index in [-0.39, 0.29) is 5.78 Å². The van der Waals surface area contributed by atoms with Crippen molar-refractivity contribution in [2.24, 2.45) is 5.92 Å². The lowest BCUT2D eigenvalue weighted by molar-refractivity contribution is 0.0912. The first kappa shape index (κ1) is 28.0. The first-order valence-electron chi connectivity index (χ1n) is 14.5. The van der Waals surface area contributed by atoms with Gasteiger partial charge in [0.15, 0.2) is 17.3 Å². The van der Waals surface area contributed by atoms with E-state index in [4.69, 9.17) is 9.47 Å². The van der Waals surface area contributed by atoms with Crippen LogP contribution in [0.3, 0.4) is 0 Å². The Labute approximate surface area is 238 Å². The summed E-state index contributed by atoms with van der Waals surface area (Å²) in [6.45, 7) is 11.1. The minimum Gasteiger partial charge on any atom is -0.493 e. The van der Waals surface area contributed by atoms with Gasteiger partial charge < -0.3 is 19.4 Å². The van der Waals surface area contributed by atoms with E-state index in [1.165, 1.54) is 10.9 Å². The van der Waals surface area contributed by atoms with E-state index in [1.54, 1.807) is 14.2 Å². The van der Waals surface area contributed by atoms with Crippen molar-refractivity contribution in [2.75, 3.05) is 27.3 Å². The number of rotatable bonds is 9. The van der Waals surface area contributed by atoms with Gasteiger partial charge in [0.25, 0.3) is 0 Å². The molecular formula is C35H42N2O3. The Balaban J connectivity index is 1.43. The highest BCUT2D eigenvalue weighted by Gasteiger charge is 2.24. The quantitative estimate of drug-likeness (QED) is 0.218. The number of nitrogens with one attached hydrogen (secondary N) is 1. The van der Waals surface area contributed by atoms with Crippen LogP contribution in [0.15, 0.2) is 60.7 Å². The molecule has 0 unspecified atom stereocenters. The number of aromatic nitrogens is 1. The molecule has 1 saturated heterocycles.